The van der Waals surface area contributed by atoms with Gasteiger partial charge in [0.1, 0.15) is 5.17 Å². The highest BCUT2D eigenvalue weighted by Gasteiger charge is 2.32. The van der Waals surface area contributed by atoms with Gasteiger partial charge in [-0.3, -0.25) is 4.99 Å². The maximum absolute atomic E-state index is 6.69. The summed E-state index contributed by atoms with van der Waals surface area (Å²) in [6, 6.07) is 0.507. The van der Waals surface area contributed by atoms with Crippen LogP contribution in [0.2, 0.25) is 0 Å². The van der Waals surface area contributed by atoms with E-state index >= 15 is 0 Å². The lowest BCUT2D eigenvalue weighted by molar-refractivity contribution is 0.459. The summed E-state index contributed by atoms with van der Waals surface area (Å²) in [5.74, 6) is 1.55. The third-order valence-corrected chi connectivity index (χ3v) is 7.56. The van der Waals surface area contributed by atoms with Gasteiger partial charge in [-0.25, -0.2) is 9.97 Å². The standard InChI is InChI=1S/C24H37ClN4/c25-23-21-15-11-7-3-6-10-14-20(21)22-18(16-26-23)17-27-24(29-22)28-19-12-8-4-1-2-5-9-13-19/h17,19-21H,1-16H2,(H,27,28,29). The Morgan fingerprint density at radius 2 is 1.34 bits per heavy atom. The minimum absolute atomic E-state index is 0.337. The highest BCUT2D eigenvalue weighted by molar-refractivity contribution is 6.66. The maximum atomic E-state index is 6.69. The lowest BCUT2D eigenvalue weighted by atomic mass is 9.82. The molecule has 1 aliphatic heterocycles. The summed E-state index contributed by atoms with van der Waals surface area (Å²) in [6.07, 6.45) is 21.5. The predicted molar refractivity (Wildman–Crippen MR) is 122 cm³/mol. The number of fused-ring (bicyclic) bond motifs is 3. The molecule has 1 N–H and O–H groups in total. The van der Waals surface area contributed by atoms with E-state index in [9.17, 15) is 0 Å². The number of aromatic nitrogens is 2. The summed E-state index contributed by atoms with van der Waals surface area (Å²) in [6.45, 7) is 0.630. The quantitative estimate of drug-likeness (QED) is 0.565. The van der Waals surface area contributed by atoms with Gasteiger partial charge in [0, 0.05) is 29.6 Å². The van der Waals surface area contributed by atoms with E-state index in [1.165, 1.54) is 101 Å². The Balaban J connectivity index is 1.55. The Morgan fingerprint density at radius 1 is 0.759 bits per heavy atom. The van der Waals surface area contributed by atoms with Crippen molar-refractivity contribution < 1.29 is 0 Å². The minimum atomic E-state index is 0.337. The topological polar surface area (TPSA) is 50.2 Å². The molecule has 0 radical (unpaired) electrons. The van der Waals surface area contributed by atoms with E-state index in [-0.39, 0.29) is 0 Å². The molecule has 29 heavy (non-hydrogen) atoms. The van der Waals surface area contributed by atoms with Crippen LogP contribution in [0.1, 0.15) is 113 Å². The summed E-state index contributed by atoms with van der Waals surface area (Å²) in [5, 5.41) is 4.52. The fourth-order valence-corrected chi connectivity index (χ4v) is 5.76. The van der Waals surface area contributed by atoms with Gasteiger partial charge in [0.2, 0.25) is 5.95 Å². The molecule has 2 heterocycles. The molecule has 1 aromatic rings. The SMILES string of the molecule is ClC1=NCc2cnc(NC3CCCCCCCC3)nc2C2CCCCCCCC12. The van der Waals surface area contributed by atoms with Crippen LogP contribution in [0.5, 0.6) is 0 Å². The third kappa shape index (κ3) is 5.71. The van der Waals surface area contributed by atoms with Crippen molar-refractivity contribution in [3.05, 3.63) is 17.5 Å². The molecule has 1 aromatic heterocycles. The van der Waals surface area contributed by atoms with Crippen molar-refractivity contribution in [1.82, 2.24) is 9.97 Å². The molecule has 5 heteroatoms. The molecule has 0 aromatic carbocycles. The van der Waals surface area contributed by atoms with Crippen LogP contribution in [0.25, 0.3) is 0 Å². The lowest BCUT2D eigenvalue weighted by Gasteiger charge is -2.25. The normalized spacial score (nSPS) is 27.4. The average molecular weight is 417 g/mol. The van der Waals surface area contributed by atoms with Gasteiger partial charge in [-0.1, -0.05) is 82.2 Å². The third-order valence-electron chi connectivity index (χ3n) is 7.16. The van der Waals surface area contributed by atoms with Crippen LogP contribution >= 0.6 is 11.6 Å². The molecule has 2 fully saturated rings. The molecule has 3 aliphatic rings. The van der Waals surface area contributed by atoms with E-state index in [1.54, 1.807) is 0 Å². The van der Waals surface area contributed by atoms with Crippen LogP contribution in [0.4, 0.5) is 5.95 Å². The Labute approximate surface area is 181 Å². The van der Waals surface area contributed by atoms with Crippen LogP contribution in [0.3, 0.4) is 0 Å². The summed E-state index contributed by atoms with van der Waals surface area (Å²) < 4.78 is 0. The molecule has 0 spiro atoms. The van der Waals surface area contributed by atoms with Gasteiger partial charge in [0.15, 0.2) is 0 Å². The second-order valence-corrected chi connectivity index (χ2v) is 9.73. The Morgan fingerprint density at radius 3 is 2.03 bits per heavy atom. The largest absolute Gasteiger partial charge is 0.351 e. The molecule has 160 valence electrons. The number of hydrogen-bond acceptors (Lipinski definition) is 4. The van der Waals surface area contributed by atoms with E-state index in [0.29, 0.717) is 24.4 Å². The predicted octanol–water partition coefficient (Wildman–Crippen LogP) is 6.99. The first-order chi connectivity index (χ1) is 14.3. The molecule has 2 unspecified atom stereocenters. The van der Waals surface area contributed by atoms with Crippen molar-refractivity contribution in [1.29, 1.82) is 0 Å². The smallest absolute Gasteiger partial charge is 0.223 e. The highest BCUT2D eigenvalue weighted by atomic mass is 35.5. The fourth-order valence-electron chi connectivity index (χ4n) is 5.44. The first-order valence-corrected chi connectivity index (χ1v) is 12.5. The zero-order valence-corrected chi connectivity index (χ0v) is 18.6. The molecule has 2 atom stereocenters. The van der Waals surface area contributed by atoms with Crippen molar-refractivity contribution in [2.75, 3.05) is 5.32 Å². The zero-order chi connectivity index (χ0) is 19.9. The monoisotopic (exact) mass is 416 g/mol. The first-order valence-electron chi connectivity index (χ1n) is 12.1. The number of hydrogen-bond donors (Lipinski definition) is 1. The van der Waals surface area contributed by atoms with Crippen LogP contribution in [0.15, 0.2) is 11.2 Å². The number of nitrogens with zero attached hydrogens (tertiary/aromatic N) is 3. The average Bonchev–Trinajstić information content (AvgIpc) is 2.86. The van der Waals surface area contributed by atoms with Crippen molar-refractivity contribution in [2.24, 2.45) is 10.9 Å². The Kier molecular flexibility index (Phi) is 7.81. The highest BCUT2D eigenvalue weighted by Crippen LogP contribution is 2.40. The molecule has 2 saturated carbocycles. The van der Waals surface area contributed by atoms with Gasteiger partial charge in [-0.05, 0) is 25.7 Å². The summed E-state index contributed by atoms with van der Waals surface area (Å²) in [4.78, 5) is 14.5. The van der Waals surface area contributed by atoms with Crippen LogP contribution in [0, 0.1) is 5.92 Å². The van der Waals surface area contributed by atoms with E-state index in [4.69, 9.17) is 26.6 Å². The van der Waals surface area contributed by atoms with Gasteiger partial charge in [-0.15, -0.1) is 0 Å². The molecule has 4 nitrogen and oxygen atoms in total. The number of anilines is 1. The van der Waals surface area contributed by atoms with Gasteiger partial charge in [0.05, 0.1) is 12.2 Å². The van der Waals surface area contributed by atoms with Gasteiger partial charge >= 0.3 is 0 Å². The molecule has 0 saturated heterocycles. The van der Waals surface area contributed by atoms with E-state index in [0.717, 1.165) is 17.5 Å². The summed E-state index contributed by atoms with van der Waals surface area (Å²) in [5.41, 5.74) is 2.40. The molecule has 0 amide bonds. The second kappa shape index (κ2) is 10.7. The number of nitrogens with one attached hydrogen (secondary N) is 1. The zero-order valence-electron chi connectivity index (χ0n) is 17.8. The number of halogens is 1. The van der Waals surface area contributed by atoms with Crippen molar-refractivity contribution in [3.8, 4) is 0 Å². The van der Waals surface area contributed by atoms with Gasteiger partial charge < -0.3 is 5.32 Å². The molecular weight excluding hydrogens is 380 g/mol. The Bertz CT molecular complexity index is 679. The second-order valence-electron chi connectivity index (χ2n) is 9.34. The van der Waals surface area contributed by atoms with Crippen molar-refractivity contribution in [3.63, 3.8) is 0 Å². The maximum Gasteiger partial charge on any atom is 0.223 e. The van der Waals surface area contributed by atoms with Gasteiger partial charge in [-0.2, -0.15) is 0 Å². The number of aliphatic imine (C=N–C) groups is 1. The van der Waals surface area contributed by atoms with Crippen LogP contribution < -0.4 is 5.32 Å². The van der Waals surface area contributed by atoms with Crippen molar-refractivity contribution in [2.45, 2.75) is 115 Å². The molecular formula is C24H37ClN4. The molecule has 0 bridgehead atoms. The lowest BCUT2D eigenvalue weighted by Crippen LogP contribution is -2.23. The Hall–Kier alpha value is -1.16. The van der Waals surface area contributed by atoms with E-state index in [1.807, 2.05) is 6.20 Å². The molecule has 2 aliphatic carbocycles. The minimum Gasteiger partial charge on any atom is -0.351 e. The number of rotatable bonds is 2. The molecule has 4 rings (SSSR count). The van der Waals surface area contributed by atoms with E-state index < -0.39 is 0 Å². The van der Waals surface area contributed by atoms with Crippen LogP contribution in [-0.2, 0) is 6.54 Å². The van der Waals surface area contributed by atoms with Crippen LogP contribution in [-0.4, -0.2) is 21.2 Å². The summed E-state index contributed by atoms with van der Waals surface area (Å²) >= 11 is 6.69. The fraction of sp³-hybridized carbons (Fsp3) is 0.792. The van der Waals surface area contributed by atoms with E-state index in [2.05, 4.69) is 5.32 Å². The first kappa shape index (κ1) is 21.1. The van der Waals surface area contributed by atoms with Gasteiger partial charge in [0.25, 0.3) is 0 Å². The summed E-state index contributed by atoms with van der Waals surface area (Å²) in [7, 11) is 0. The van der Waals surface area contributed by atoms with Crippen molar-refractivity contribution >= 4 is 22.7 Å².